The summed E-state index contributed by atoms with van der Waals surface area (Å²) in [6.07, 6.45) is 1.50. The fourth-order valence-corrected chi connectivity index (χ4v) is 7.87. The monoisotopic (exact) mass is 387 g/mol. The quantitative estimate of drug-likeness (QED) is 0.757. The van der Waals surface area contributed by atoms with Crippen molar-refractivity contribution >= 4 is 19.9 Å². The van der Waals surface area contributed by atoms with Gasteiger partial charge in [-0.05, 0) is 12.5 Å². The van der Waals surface area contributed by atoms with Crippen LogP contribution in [0.1, 0.15) is 24.5 Å². The van der Waals surface area contributed by atoms with Crippen LogP contribution in [-0.4, -0.2) is 58.4 Å². The molecule has 9 heteroatoms. The molecule has 0 N–H and O–H groups in total. The van der Waals surface area contributed by atoms with Crippen molar-refractivity contribution in [2.45, 2.75) is 37.1 Å². The molecule has 0 saturated carbocycles. The maximum Gasteiger partial charge on any atom is 0.247 e. The number of hydrogen-bond donors (Lipinski definition) is 0. The van der Waals surface area contributed by atoms with Crippen LogP contribution in [0.25, 0.3) is 0 Å². The zero-order chi connectivity index (χ0) is 17.8. The van der Waals surface area contributed by atoms with E-state index in [4.69, 9.17) is 9.47 Å². The molecule has 0 amide bonds. The smallest absolute Gasteiger partial charge is 0.247 e. The fraction of sp³-hybridized carbons (Fsp3) is 0.625. The maximum absolute atomic E-state index is 13.5. The predicted molar refractivity (Wildman–Crippen MR) is 91.5 cm³/mol. The molecular weight excluding hydrogens is 366 g/mol. The molecule has 1 aromatic rings. The van der Waals surface area contributed by atoms with Gasteiger partial charge < -0.3 is 9.47 Å². The summed E-state index contributed by atoms with van der Waals surface area (Å²) >= 11 is 0. The lowest BCUT2D eigenvalue weighted by Gasteiger charge is -2.27. The molecule has 1 aromatic carbocycles. The Morgan fingerprint density at radius 3 is 2.68 bits per heavy atom. The van der Waals surface area contributed by atoms with Crippen LogP contribution in [-0.2, 0) is 32.7 Å². The molecule has 0 bridgehead atoms. The number of rotatable bonds is 4. The molecule has 3 heterocycles. The first-order valence-corrected chi connectivity index (χ1v) is 11.8. The van der Waals surface area contributed by atoms with Crippen molar-refractivity contribution < 1.29 is 26.3 Å². The highest BCUT2D eigenvalue weighted by atomic mass is 32.2. The second-order valence-corrected chi connectivity index (χ2v) is 10.7. The average molecular weight is 387 g/mol. The van der Waals surface area contributed by atoms with Crippen LogP contribution in [0.2, 0.25) is 0 Å². The molecule has 3 aliphatic heterocycles. The lowest BCUT2D eigenvalue weighted by molar-refractivity contribution is 0.336. The zero-order valence-corrected chi connectivity index (χ0v) is 15.7. The van der Waals surface area contributed by atoms with Gasteiger partial charge in [-0.2, -0.15) is 4.31 Å². The van der Waals surface area contributed by atoms with Crippen molar-refractivity contribution in [2.24, 2.45) is 0 Å². The molecule has 3 aliphatic rings. The lowest BCUT2D eigenvalue weighted by Crippen LogP contribution is -2.41. The van der Waals surface area contributed by atoms with Crippen LogP contribution >= 0.6 is 0 Å². The summed E-state index contributed by atoms with van der Waals surface area (Å²) in [4.78, 5) is 0.182. The highest BCUT2D eigenvalue weighted by Gasteiger charge is 2.42. The first-order chi connectivity index (χ1) is 11.8. The van der Waals surface area contributed by atoms with Crippen molar-refractivity contribution in [2.75, 3.05) is 31.3 Å². The van der Waals surface area contributed by atoms with Gasteiger partial charge in [0.25, 0.3) is 0 Å². The maximum atomic E-state index is 13.5. The minimum absolute atomic E-state index is 0.0360. The van der Waals surface area contributed by atoms with Gasteiger partial charge in [-0.15, -0.1) is 0 Å². The van der Waals surface area contributed by atoms with Crippen molar-refractivity contribution in [1.29, 1.82) is 0 Å². The molecule has 1 atom stereocenters. The van der Waals surface area contributed by atoms with E-state index in [9.17, 15) is 16.8 Å². The number of fused-ring (bicyclic) bond motifs is 2. The third kappa shape index (κ3) is 2.72. The van der Waals surface area contributed by atoms with Crippen molar-refractivity contribution in [3.63, 3.8) is 0 Å². The molecule has 138 valence electrons. The van der Waals surface area contributed by atoms with Gasteiger partial charge in [0.1, 0.15) is 16.4 Å². The molecule has 0 aliphatic carbocycles. The Hall–Kier alpha value is -1.32. The largest absolute Gasteiger partial charge is 0.493 e. The summed E-state index contributed by atoms with van der Waals surface area (Å²) in [5.74, 6) is 0.949. The van der Waals surface area contributed by atoms with E-state index in [0.717, 1.165) is 5.56 Å². The van der Waals surface area contributed by atoms with Gasteiger partial charge in [0, 0.05) is 36.6 Å². The Morgan fingerprint density at radius 1 is 1.24 bits per heavy atom. The molecular formula is C16H21NO6S2. The summed E-state index contributed by atoms with van der Waals surface area (Å²) in [5, 5.41) is 0. The van der Waals surface area contributed by atoms with Gasteiger partial charge in [-0.3, -0.25) is 0 Å². The molecule has 0 radical (unpaired) electrons. The summed E-state index contributed by atoms with van der Waals surface area (Å²) < 4.78 is 63.2. The Labute approximate surface area is 147 Å². The third-order valence-corrected chi connectivity index (χ3v) is 8.97. The van der Waals surface area contributed by atoms with Crippen LogP contribution < -0.4 is 9.47 Å². The number of hydrogen-bond acceptors (Lipinski definition) is 6. The number of sulfonamides is 1. The standard InChI is InChI=1S/C16H21NO6S2/c1-2-17(12-5-8-24(18,19)10-12)25(20,21)16-13-4-7-22-14(13)9-11-3-6-23-15(11)16/h9,12H,2-8,10H2,1H3. The Kier molecular flexibility index (Phi) is 4.01. The van der Waals surface area contributed by atoms with Gasteiger partial charge in [0.05, 0.1) is 24.7 Å². The highest BCUT2D eigenvalue weighted by molar-refractivity contribution is 7.92. The normalized spacial score (nSPS) is 24.0. The Morgan fingerprint density at radius 2 is 2.00 bits per heavy atom. The molecule has 1 saturated heterocycles. The summed E-state index contributed by atoms with van der Waals surface area (Å²) in [7, 11) is -7.05. The topological polar surface area (TPSA) is 90.0 Å². The number of nitrogens with zero attached hydrogens (tertiary/aromatic N) is 1. The zero-order valence-electron chi connectivity index (χ0n) is 14.0. The number of ether oxygens (including phenoxy) is 2. The van der Waals surface area contributed by atoms with E-state index < -0.39 is 25.9 Å². The molecule has 4 rings (SSSR count). The van der Waals surface area contributed by atoms with Crippen LogP contribution in [0.4, 0.5) is 0 Å². The van der Waals surface area contributed by atoms with Crippen molar-refractivity contribution in [1.82, 2.24) is 4.31 Å². The Balaban J connectivity index is 1.83. The Bertz CT molecular complexity index is 890. The van der Waals surface area contributed by atoms with Gasteiger partial charge in [-0.1, -0.05) is 6.92 Å². The SMILES string of the molecule is CCN(C1CCS(=O)(=O)C1)S(=O)(=O)c1c2c(cc3c1OCC3)OCC2. The van der Waals surface area contributed by atoms with E-state index in [1.807, 2.05) is 6.07 Å². The fourth-order valence-electron chi connectivity index (χ4n) is 3.96. The third-order valence-electron chi connectivity index (χ3n) is 5.10. The van der Waals surface area contributed by atoms with Gasteiger partial charge >= 0.3 is 0 Å². The second kappa shape index (κ2) is 5.85. The summed E-state index contributed by atoms with van der Waals surface area (Å²) in [6.45, 7) is 2.86. The average Bonchev–Trinajstić information content (AvgIpc) is 3.24. The molecule has 1 unspecified atom stereocenters. The molecule has 7 nitrogen and oxygen atoms in total. The van der Waals surface area contributed by atoms with E-state index >= 15 is 0 Å². The van der Waals surface area contributed by atoms with Crippen LogP contribution in [0.15, 0.2) is 11.0 Å². The predicted octanol–water partition coefficient (Wildman–Crippen LogP) is 0.754. The lowest BCUT2D eigenvalue weighted by atomic mass is 10.1. The highest BCUT2D eigenvalue weighted by Crippen LogP contribution is 2.44. The summed E-state index contributed by atoms with van der Waals surface area (Å²) in [5.41, 5.74) is 1.49. The molecule has 0 spiro atoms. The van der Waals surface area contributed by atoms with E-state index in [0.29, 0.717) is 49.5 Å². The molecule has 1 fully saturated rings. The van der Waals surface area contributed by atoms with Crippen LogP contribution in [0.5, 0.6) is 11.5 Å². The van der Waals surface area contributed by atoms with Gasteiger partial charge in [-0.25, -0.2) is 16.8 Å². The first kappa shape index (κ1) is 17.1. The molecule has 25 heavy (non-hydrogen) atoms. The minimum Gasteiger partial charge on any atom is -0.493 e. The van der Waals surface area contributed by atoms with E-state index in [1.54, 1.807) is 6.92 Å². The van der Waals surface area contributed by atoms with E-state index in [2.05, 4.69) is 0 Å². The van der Waals surface area contributed by atoms with Crippen LogP contribution in [0, 0.1) is 0 Å². The minimum atomic E-state index is -3.87. The van der Waals surface area contributed by atoms with E-state index in [1.165, 1.54) is 4.31 Å². The van der Waals surface area contributed by atoms with Crippen molar-refractivity contribution in [3.8, 4) is 11.5 Å². The van der Waals surface area contributed by atoms with Gasteiger partial charge in [0.15, 0.2) is 9.84 Å². The molecule has 0 aromatic heterocycles. The second-order valence-electron chi connectivity index (χ2n) is 6.63. The first-order valence-electron chi connectivity index (χ1n) is 8.50. The van der Waals surface area contributed by atoms with Crippen LogP contribution in [0.3, 0.4) is 0 Å². The van der Waals surface area contributed by atoms with E-state index in [-0.39, 0.29) is 22.9 Å². The van der Waals surface area contributed by atoms with Crippen molar-refractivity contribution in [3.05, 3.63) is 17.2 Å². The number of benzene rings is 1. The number of sulfone groups is 1. The van der Waals surface area contributed by atoms with Gasteiger partial charge in [0.2, 0.25) is 10.0 Å². The summed E-state index contributed by atoms with van der Waals surface area (Å²) in [6, 6.07) is 1.36.